The summed E-state index contributed by atoms with van der Waals surface area (Å²) in [5, 5.41) is 0.311. The second-order valence-electron chi connectivity index (χ2n) is 14.5. The molecule has 4 aromatic rings. The van der Waals surface area contributed by atoms with Gasteiger partial charge in [0, 0.05) is 37.7 Å². The van der Waals surface area contributed by atoms with E-state index in [-0.39, 0.29) is 68.1 Å². The molecule has 0 radical (unpaired) electrons. The summed E-state index contributed by atoms with van der Waals surface area (Å²) < 4.78 is 74.9. The highest BCUT2D eigenvalue weighted by Gasteiger charge is 2.39. The molecule has 0 saturated carbocycles. The van der Waals surface area contributed by atoms with Gasteiger partial charge in [0.2, 0.25) is 5.91 Å². The minimum absolute atomic E-state index is 0.0385. The number of esters is 1. The van der Waals surface area contributed by atoms with Crippen molar-refractivity contribution in [3.63, 3.8) is 0 Å². The van der Waals surface area contributed by atoms with E-state index < -0.39 is 34.5 Å². The number of piperidine rings is 1. The number of fused-ring (bicyclic) bond motifs is 1. The number of carbonyl (C=O) groups excluding carboxylic acids is 2. The molecule has 1 saturated heterocycles. The summed E-state index contributed by atoms with van der Waals surface area (Å²) in [5.74, 6) is -2.33. The fourth-order valence-electron chi connectivity index (χ4n) is 7.52. The molecule has 3 aromatic carbocycles. The number of benzene rings is 3. The molecule has 1 fully saturated rings. The maximum Gasteiger partial charge on any atom is 0.412 e. The van der Waals surface area contributed by atoms with E-state index >= 15 is 0 Å². The molecule has 0 atom stereocenters. The molecule has 2 aliphatic rings. The average molecular weight is 763 g/mol. The third kappa shape index (κ3) is 8.72. The van der Waals surface area contributed by atoms with Crippen molar-refractivity contribution in [1.29, 1.82) is 0 Å². The van der Waals surface area contributed by atoms with E-state index in [4.69, 9.17) is 4.74 Å². The number of hydrogen-bond donors (Lipinski definition) is 0. The number of nitrogens with zero attached hydrogens (tertiary/aromatic N) is 4. The summed E-state index contributed by atoms with van der Waals surface area (Å²) >= 11 is 0. The molecular weight excluding hydrogens is 719 g/mol. The molecule has 1 aromatic heterocycles. The normalized spacial score (nSPS) is 15.8. The molecule has 1 aliphatic carbocycles. The molecule has 0 N–H and O–H groups in total. The first-order chi connectivity index (χ1) is 26.2. The summed E-state index contributed by atoms with van der Waals surface area (Å²) in [7, 11) is 1.35. The van der Waals surface area contributed by atoms with Crippen molar-refractivity contribution in [2.45, 2.75) is 83.2 Å². The smallest absolute Gasteiger partial charge is 0.412 e. The van der Waals surface area contributed by atoms with Gasteiger partial charge in [-0.25, -0.2) is 8.78 Å². The number of rotatable bonds is 11. The Morgan fingerprint density at radius 2 is 1.62 bits per heavy atom. The van der Waals surface area contributed by atoms with Crippen LogP contribution in [0.25, 0.3) is 16.5 Å². The Kier molecular flexibility index (Phi) is 11.7. The minimum Gasteiger partial charge on any atom is -0.468 e. The molecule has 2 heterocycles. The second kappa shape index (κ2) is 16.3. The maximum absolute atomic E-state index is 14.6. The Morgan fingerprint density at radius 3 is 2.27 bits per heavy atom. The molecule has 6 rings (SSSR count). The van der Waals surface area contributed by atoms with E-state index in [0.29, 0.717) is 36.8 Å². The van der Waals surface area contributed by atoms with Crippen LogP contribution in [0.5, 0.6) is 0 Å². The monoisotopic (exact) mass is 762 g/mol. The quantitative estimate of drug-likeness (QED) is 0.116. The Balaban J connectivity index is 1.30. The van der Waals surface area contributed by atoms with E-state index in [0.717, 1.165) is 28.8 Å². The van der Waals surface area contributed by atoms with Crippen LogP contribution in [-0.4, -0.2) is 69.2 Å². The molecule has 290 valence electrons. The van der Waals surface area contributed by atoms with Crippen molar-refractivity contribution in [1.82, 2.24) is 19.4 Å². The number of aryl methyl sites for hydroxylation is 2. The van der Waals surface area contributed by atoms with Gasteiger partial charge in [-0.2, -0.15) is 18.2 Å². The number of ether oxygens (including phenoxy) is 1. The Bertz CT molecular complexity index is 2180. The SMILES string of the molecule is COC(=O)C(C)(C)N1CCC(N(Cc2ccc(C3=CC=C(C(F)(F)F)CC3)cc2)C(=O)Cn2c(CCc3cccc(F)c3F)nc(=O)c3ccccc32)CC1. The first-order valence-electron chi connectivity index (χ1n) is 18.3. The number of allylic oxidation sites excluding steroid dienone is 4. The molecule has 1 amide bonds. The summed E-state index contributed by atoms with van der Waals surface area (Å²) in [6, 6.07) is 17.9. The second-order valence-corrected chi connectivity index (χ2v) is 14.5. The van der Waals surface area contributed by atoms with E-state index in [2.05, 4.69) is 4.98 Å². The first kappa shape index (κ1) is 39.5. The van der Waals surface area contributed by atoms with Gasteiger partial charge in [-0.05, 0) is 86.4 Å². The number of alkyl halides is 3. The van der Waals surface area contributed by atoms with Gasteiger partial charge in [-0.15, -0.1) is 0 Å². The van der Waals surface area contributed by atoms with Crippen molar-refractivity contribution in [2.75, 3.05) is 20.2 Å². The van der Waals surface area contributed by atoms with Crippen LogP contribution < -0.4 is 5.56 Å². The van der Waals surface area contributed by atoms with Gasteiger partial charge in [0.25, 0.3) is 5.56 Å². The zero-order valence-corrected chi connectivity index (χ0v) is 31.0. The Morgan fingerprint density at radius 1 is 0.909 bits per heavy atom. The summed E-state index contributed by atoms with van der Waals surface area (Å²) in [6.07, 6.45) is -0.361. The number of halogens is 5. The molecule has 8 nitrogen and oxygen atoms in total. The molecule has 0 bridgehead atoms. The van der Waals surface area contributed by atoms with Crippen LogP contribution in [0, 0.1) is 11.6 Å². The fraction of sp³-hybridized carbons (Fsp3) is 0.381. The maximum atomic E-state index is 14.6. The van der Waals surface area contributed by atoms with Crippen LogP contribution in [0.1, 0.15) is 62.0 Å². The zero-order valence-electron chi connectivity index (χ0n) is 31.0. The lowest BCUT2D eigenvalue weighted by atomic mass is 9.92. The van der Waals surface area contributed by atoms with Gasteiger partial charge in [-0.3, -0.25) is 19.3 Å². The van der Waals surface area contributed by atoms with Crippen LogP contribution in [0.4, 0.5) is 22.0 Å². The third-order valence-electron chi connectivity index (χ3n) is 10.8. The lowest BCUT2D eigenvalue weighted by molar-refractivity contribution is -0.155. The first-order valence-corrected chi connectivity index (χ1v) is 18.3. The number of methoxy groups -OCH3 is 1. The van der Waals surface area contributed by atoms with Gasteiger partial charge in [-0.1, -0.05) is 60.7 Å². The van der Waals surface area contributed by atoms with Crippen molar-refractivity contribution >= 4 is 28.4 Å². The van der Waals surface area contributed by atoms with Gasteiger partial charge in [0.1, 0.15) is 17.9 Å². The van der Waals surface area contributed by atoms with E-state index in [1.807, 2.05) is 29.2 Å². The highest BCUT2D eigenvalue weighted by Crippen LogP contribution is 2.36. The van der Waals surface area contributed by atoms with E-state index in [1.165, 1.54) is 25.3 Å². The van der Waals surface area contributed by atoms with Crippen molar-refractivity contribution in [3.8, 4) is 0 Å². The molecule has 0 unspecified atom stereocenters. The van der Waals surface area contributed by atoms with Crippen LogP contribution in [0.3, 0.4) is 0 Å². The number of amides is 1. The highest BCUT2D eigenvalue weighted by molar-refractivity contribution is 5.82. The van der Waals surface area contributed by atoms with Crippen LogP contribution >= 0.6 is 0 Å². The predicted molar refractivity (Wildman–Crippen MR) is 199 cm³/mol. The van der Waals surface area contributed by atoms with Gasteiger partial charge in [0.15, 0.2) is 11.6 Å². The summed E-state index contributed by atoms with van der Waals surface area (Å²) in [6.45, 7) is 4.67. The summed E-state index contributed by atoms with van der Waals surface area (Å²) in [4.78, 5) is 48.5. The molecule has 0 spiro atoms. The minimum atomic E-state index is -4.36. The molecule has 55 heavy (non-hydrogen) atoms. The zero-order chi connectivity index (χ0) is 39.5. The number of carbonyl (C=O) groups is 2. The topological polar surface area (TPSA) is 84.7 Å². The highest BCUT2D eigenvalue weighted by atomic mass is 19.4. The Hall–Kier alpha value is -5.17. The molecular formula is C42H43F5N4O4. The van der Waals surface area contributed by atoms with E-state index in [1.54, 1.807) is 47.6 Å². The number of para-hydroxylation sites is 1. The van der Waals surface area contributed by atoms with Crippen LogP contribution in [0.2, 0.25) is 0 Å². The lowest BCUT2D eigenvalue weighted by Crippen LogP contribution is -2.56. The fourth-order valence-corrected chi connectivity index (χ4v) is 7.52. The van der Waals surface area contributed by atoms with Crippen LogP contribution in [0.15, 0.2) is 89.2 Å². The van der Waals surface area contributed by atoms with Crippen LogP contribution in [-0.2, 0) is 40.3 Å². The molecule has 1 aliphatic heterocycles. The van der Waals surface area contributed by atoms with Crippen molar-refractivity contribution in [3.05, 3.63) is 129 Å². The van der Waals surface area contributed by atoms with Crippen molar-refractivity contribution in [2.24, 2.45) is 0 Å². The lowest BCUT2D eigenvalue weighted by Gasteiger charge is -2.44. The third-order valence-corrected chi connectivity index (χ3v) is 10.8. The number of hydrogen-bond acceptors (Lipinski definition) is 6. The standard InChI is InChI=1S/C42H43F5N4O4/c1-41(2,40(54)55-3)49-23-21-32(22-24-49)50(25-27-11-13-28(14-12-27)29-15-18-31(19-16-29)42(45,46)47)37(52)26-51-35-10-5-4-8-33(35)39(53)48-36(51)20-17-30-7-6-9-34(43)38(30)44/h4-15,18,32H,16-17,19-26H2,1-3H3. The number of aromatic nitrogens is 2. The predicted octanol–water partition coefficient (Wildman–Crippen LogP) is 7.57. The molecule has 13 heteroatoms. The number of likely N-dealkylation sites (tertiary alicyclic amines) is 1. The van der Waals surface area contributed by atoms with Gasteiger partial charge < -0.3 is 14.2 Å². The van der Waals surface area contributed by atoms with Crippen molar-refractivity contribution < 1.29 is 36.3 Å². The van der Waals surface area contributed by atoms with Gasteiger partial charge in [0.05, 0.1) is 18.0 Å². The van der Waals surface area contributed by atoms with Gasteiger partial charge >= 0.3 is 12.1 Å². The average Bonchev–Trinajstić information content (AvgIpc) is 3.18. The van der Waals surface area contributed by atoms with E-state index in [9.17, 15) is 36.3 Å². The largest absolute Gasteiger partial charge is 0.468 e. The summed E-state index contributed by atoms with van der Waals surface area (Å²) in [5.41, 5.74) is 1.06. The Labute approximate surface area is 315 Å².